The molecule has 0 amide bonds. The van der Waals surface area contributed by atoms with Gasteiger partial charge in [0.1, 0.15) is 0 Å². The van der Waals surface area contributed by atoms with Crippen molar-refractivity contribution < 1.29 is 9.13 Å². The lowest BCUT2D eigenvalue weighted by Gasteiger charge is -2.12. The van der Waals surface area contributed by atoms with Crippen LogP contribution in [0.25, 0.3) is 5.69 Å². The minimum atomic E-state index is -0.390. The summed E-state index contributed by atoms with van der Waals surface area (Å²) in [7, 11) is 1.43. The van der Waals surface area contributed by atoms with Gasteiger partial charge in [-0.05, 0) is 19.1 Å². The van der Waals surface area contributed by atoms with Gasteiger partial charge in [0.2, 0.25) is 0 Å². The molecule has 0 unspecified atom stereocenters. The number of hydrogen-bond acceptors (Lipinski definition) is 3. The third-order valence-electron chi connectivity index (χ3n) is 2.55. The van der Waals surface area contributed by atoms with Crippen LogP contribution in [0.15, 0.2) is 30.7 Å². The lowest BCUT2D eigenvalue weighted by Crippen LogP contribution is -2.10. The maximum absolute atomic E-state index is 13.3. The molecule has 2 N–H and O–H groups in total. The molecule has 0 aliphatic rings. The number of methoxy groups -OCH3 is 1. The first-order valence-electron chi connectivity index (χ1n) is 5.25. The SMILES string of the molecule is COc1cc(-n2cncc2[C@@H](C)N)ccc1F. The number of aromatic nitrogens is 2. The van der Waals surface area contributed by atoms with Gasteiger partial charge in [-0.25, -0.2) is 9.37 Å². The molecule has 0 radical (unpaired) electrons. The van der Waals surface area contributed by atoms with Crippen molar-refractivity contribution in [2.45, 2.75) is 13.0 Å². The van der Waals surface area contributed by atoms with Crippen LogP contribution >= 0.6 is 0 Å². The minimum Gasteiger partial charge on any atom is -0.494 e. The van der Waals surface area contributed by atoms with Gasteiger partial charge in [0, 0.05) is 12.1 Å². The van der Waals surface area contributed by atoms with Gasteiger partial charge < -0.3 is 15.0 Å². The number of rotatable bonds is 3. The van der Waals surface area contributed by atoms with E-state index in [0.29, 0.717) is 0 Å². The number of imidazole rings is 1. The van der Waals surface area contributed by atoms with Crippen LogP contribution in [0.3, 0.4) is 0 Å². The number of nitrogens with zero attached hydrogens (tertiary/aromatic N) is 2. The summed E-state index contributed by atoms with van der Waals surface area (Å²) in [6.07, 6.45) is 3.34. The predicted molar refractivity (Wildman–Crippen MR) is 62.7 cm³/mol. The molecule has 0 aliphatic carbocycles. The number of benzene rings is 1. The molecule has 4 nitrogen and oxygen atoms in total. The van der Waals surface area contributed by atoms with Crippen molar-refractivity contribution in [3.05, 3.63) is 42.2 Å². The second kappa shape index (κ2) is 4.55. The van der Waals surface area contributed by atoms with E-state index in [2.05, 4.69) is 4.98 Å². The average molecular weight is 235 g/mol. The van der Waals surface area contributed by atoms with Crippen LogP contribution in [0.2, 0.25) is 0 Å². The Morgan fingerprint density at radius 3 is 2.88 bits per heavy atom. The topological polar surface area (TPSA) is 53.1 Å². The van der Waals surface area contributed by atoms with Gasteiger partial charge in [-0.3, -0.25) is 0 Å². The Hall–Kier alpha value is -1.88. The smallest absolute Gasteiger partial charge is 0.165 e. The van der Waals surface area contributed by atoms with Gasteiger partial charge in [-0.2, -0.15) is 0 Å². The van der Waals surface area contributed by atoms with Crippen LogP contribution in [-0.4, -0.2) is 16.7 Å². The molecular weight excluding hydrogens is 221 g/mol. The van der Waals surface area contributed by atoms with E-state index in [-0.39, 0.29) is 11.8 Å². The zero-order chi connectivity index (χ0) is 12.4. The number of halogens is 1. The van der Waals surface area contributed by atoms with E-state index < -0.39 is 5.82 Å². The van der Waals surface area contributed by atoms with Crippen molar-refractivity contribution in [3.8, 4) is 11.4 Å². The molecule has 0 saturated heterocycles. The third-order valence-corrected chi connectivity index (χ3v) is 2.55. The molecule has 1 aromatic heterocycles. The van der Waals surface area contributed by atoms with Gasteiger partial charge in [0.25, 0.3) is 0 Å². The van der Waals surface area contributed by atoms with Crippen LogP contribution in [0, 0.1) is 5.82 Å². The fourth-order valence-corrected chi connectivity index (χ4v) is 1.66. The van der Waals surface area contributed by atoms with Crippen LogP contribution in [0.4, 0.5) is 4.39 Å². The van der Waals surface area contributed by atoms with Crippen LogP contribution in [0.5, 0.6) is 5.75 Å². The third kappa shape index (κ3) is 2.14. The number of ether oxygens (including phenoxy) is 1. The molecule has 0 spiro atoms. The summed E-state index contributed by atoms with van der Waals surface area (Å²) in [5.74, 6) is -0.189. The minimum absolute atomic E-state index is 0.145. The fourth-order valence-electron chi connectivity index (χ4n) is 1.66. The first-order valence-corrected chi connectivity index (χ1v) is 5.25. The van der Waals surface area contributed by atoms with E-state index in [1.165, 1.54) is 13.2 Å². The maximum Gasteiger partial charge on any atom is 0.165 e. The van der Waals surface area contributed by atoms with Crippen LogP contribution in [0.1, 0.15) is 18.7 Å². The Balaban J connectivity index is 2.49. The Labute approximate surface area is 98.8 Å². The van der Waals surface area contributed by atoms with Crippen LogP contribution < -0.4 is 10.5 Å². The van der Waals surface area contributed by atoms with Gasteiger partial charge in [0.05, 0.1) is 31.0 Å². The molecule has 17 heavy (non-hydrogen) atoms. The van der Waals surface area contributed by atoms with Crippen molar-refractivity contribution >= 4 is 0 Å². The monoisotopic (exact) mass is 235 g/mol. The second-order valence-electron chi connectivity index (χ2n) is 3.80. The maximum atomic E-state index is 13.3. The molecule has 0 aliphatic heterocycles. The van der Waals surface area contributed by atoms with Gasteiger partial charge >= 0.3 is 0 Å². The van der Waals surface area contributed by atoms with E-state index >= 15 is 0 Å². The summed E-state index contributed by atoms with van der Waals surface area (Å²) in [5.41, 5.74) is 7.46. The number of nitrogens with two attached hydrogens (primary N) is 1. The van der Waals surface area contributed by atoms with Crippen molar-refractivity contribution in [2.75, 3.05) is 7.11 Å². The zero-order valence-electron chi connectivity index (χ0n) is 9.72. The van der Waals surface area contributed by atoms with E-state index in [9.17, 15) is 4.39 Å². The van der Waals surface area contributed by atoms with Gasteiger partial charge in [-0.1, -0.05) is 0 Å². The Morgan fingerprint density at radius 2 is 2.24 bits per heavy atom. The zero-order valence-corrected chi connectivity index (χ0v) is 9.72. The molecule has 0 bridgehead atoms. The summed E-state index contributed by atoms with van der Waals surface area (Å²) < 4.78 is 20.1. The molecule has 0 saturated carbocycles. The molecule has 1 heterocycles. The molecule has 5 heteroatoms. The first kappa shape index (κ1) is 11.6. The lowest BCUT2D eigenvalue weighted by molar-refractivity contribution is 0.386. The Morgan fingerprint density at radius 1 is 1.47 bits per heavy atom. The standard InChI is InChI=1S/C12H14FN3O/c1-8(14)11-6-15-7-16(11)9-3-4-10(13)12(5-9)17-2/h3-8H,14H2,1-2H3/t8-/m1/s1. The molecule has 1 atom stereocenters. The van der Waals surface area contributed by atoms with Crippen LogP contribution in [-0.2, 0) is 0 Å². The highest BCUT2D eigenvalue weighted by atomic mass is 19.1. The highest BCUT2D eigenvalue weighted by Gasteiger charge is 2.10. The summed E-state index contributed by atoms with van der Waals surface area (Å²) in [6.45, 7) is 1.87. The van der Waals surface area contributed by atoms with Crippen molar-refractivity contribution in [2.24, 2.45) is 5.73 Å². The first-order chi connectivity index (χ1) is 8.13. The average Bonchev–Trinajstić information content (AvgIpc) is 2.78. The summed E-state index contributed by atoms with van der Waals surface area (Å²) >= 11 is 0. The van der Waals surface area contributed by atoms with Crippen molar-refractivity contribution in [3.63, 3.8) is 0 Å². The Bertz CT molecular complexity index is 522. The molecule has 90 valence electrons. The molecule has 2 rings (SSSR count). The second-order valence-corrected chi connectivity index (χ2v) is 3.80. The van der Waals surface area contributed by atoms with Crippen molar-refractivity contribution in [1.82, 2.24) is 9.55 Å². The van der Waals surface area contributed by atoms with E-state index in [1.54, 1.807) is 24.7 Å². The molecule has 1 aromatic carbocycles. The number of hydrogen-bond donors (Lipinski definition) is 1. The lowest BCUT2D eigenvalue weighted by atomic mass is 10.2. The fraction of sp³-hybridized carbons (Fsp3) is 0.250. The van der Waals surface area contributed by atoms with Crippen molar-refractivity contribution in [1.29, 1.82) is 0 Å². The Kier molecular flexibility index (Phi) is 3.10. The highest BCUT2D eigenvalue weighted by Crippen LogP contribution is 2.23. The highest BCUT2D eigenvalue weighted by molar-refractivity contribution is 5.41. The summed E-state index contributed by atoms with van der Waals surface area (Å²) in [6, 6.07) is 4.49. The van der Waals surface area contributed by atoms with E-state index in [4.69, 9.17) is 10.5 Å². The largest absolute Gasteiger partial charge is 0.494 e. The quantitative estimate of drug-likeness (QED) is 0.885. The normalized spacial score (nSPS) is 12.5. The van der Waals surface area contributed by atoms with E-state index in [1.807, 2.05) is 11.5 Å². The summed E-state index contributed by atoms with van der Waals surface area (Å²) in [5, 5.41) is 0. The molecular formula is C12H14FN3O. The predicted octanol–water partition coefficient (Wildman–Crippen LogP) is 2.04. The summed E-state index contributed by atoms with van der Waals surface area (Å²) in [4.78, 5) is 4.05. The van der Waals surface area contributed by atoms with Gasteiger partial charge in [0.15, 0.2) is 11.6 Å². The molecule has 2 aromatic rings. The molecule has 0 fully saturated rings. The van der Waals surface area contributed by atoms with Gasteiger partial charge in [-0.15, -0.1) is 0 Å². The van der Waals surface area contributed by atoms with E-state index in [0.717, 1.165) is 11.4 Å².